The molecule has 2 N–H and O–H groups in total. The first-order valence-corrected chi connectivity index (χ1v) is 7.51. The third kappa shape index (κ3) is 2.66. The van der Waals surface area contributed by atoms with E-state index in [1.165, 1.54) is 0 Å². The smallest absolute Gasteiger partial charge is 0.233 e. The van der Waals surface area contributed by atoms with Crippen LogP contribution in [-0.2, 0) is 21.7 Å². The molecule has 0 bridgehead atoms. The summed E-state index contributed by atoms with van der Waals surface area (Å²) >= 11 is 0. The first-order chi connectivity index (χ1) is 7.95. The standard InChI is InChI=1S/C10H17N3O3S/c1-10(4-2-6-17(14,15)7-10)9-12-8(3-5-11)13-16-9/h2-7,11H2,1H3. The molecule has 1 fully saturated rings. The summed E-state index contributed by atoms with van der Waals surface area (Å²) in [5.41, 5.74) is 4.86. The Morgan fingerprint density at radius 3 is 2.94 bits per heavy atom. The van der Waals surface area contributed by atoms with Crippen molar-refractivity contribution in [2.45, 2.75) is 31.6 Å². The van der Waals surface area contributed by atoms with E-state index < -0.39 is 15.3 Å². The largest absolute Gasteiger partial charge is 0.339 e. The van der Waals surface area contributed by atoms with Crippen molar-refractivity contribution in [1.82, 2.24) is 10.1 Å². The highest BCUT2D eigenvalue weighted by Gasteiger charge is 2.40. The molecule has 2 heterocycles. The lowest BCUT2D eigenvalue weighted by atomic mass is 9.87. The van der Waals surface area contributed by atoms with E-state index in [1.807, 2.05) is 6.92 Å². The van der Waals surface area contributed by atoms with E-state index in [1.54, 1.807) is 0 Å². The van der Waals surface area contributed by atoms with Gasteiger partial charge in [0.2, 0.25) is 5.89 Å². The fraction of sp³-hybridized carbons (Fsp3) is 0.800. The van der Waals surface area contributed by atoms with E-state index in [0.717, 1.165) is 6.42 Å². The fourth-order valence-corrected chi connectivity index (χ4v) is 4.18. The number of sulfone groups is 1. The molecule has 0 aromatic carbocycles. The van der Waals surface area contributed by atoms with Gasteiger partial charge in [0.1, 0.15) is 0 Å². The summed E-state index contributed by atoms with van der Waals surface area (Å²) in [7, 11) is -2.99. The van der Waals surface area contributed by atoms with Crippen molar-refractivity contribution in [3.63, 3.8) is 0 Å². The molecule has 0 aliphatic carbocycles. The van der Waals surface area contributed by atoms with Crippen LogP contribution in [0.4, 0.5) is 0 Å². The molecule has 0 saturated carbocycles. The number of hydrogen-bond acceptors (Lipinski definition) is 6. The lowest BCUT2D eigenvalue weighted by Gasteiger charge is -2.29. The molecular formula is C10H17N3O3S. The van der Waals surface area contributed by atoms with Crippen LogP contribution in [0, 0.1) is 0 Å². The third-order valence-corrected chi connectivity index (χ3v) is 5.06. The van der Waals surface area contributed by atoms with Crippen molar-refractivity contribution in [1.29, 1.82) is 0 Å². The summed E-state index contributed by atoms with van der Waals surface area (Å²) in [6, 6.07) is 0. The molecule has 0 spiro atoms. The maximum atomic E-state index is 11.7. The van der Waals surface area contributed by atoms with Gasteiger partial charge in [0.15, 0.2) is 15.7 Å². The second kappa shape index (κ2) is 4.38. The summed E-state index contributed by atoms with van der Waals surface area (Å²) in [5, 5.41) is 3.81. The van der Waals surface area contributed by atoms with Gasteiger partial charge in [0, 0.05) is 6.42 Å². The zero-order valence-electron chi connectivity index (χ0n) is 9.85. The van der Waals surface area contributed by atoms with Gasteiger partial charge in [-0.25, -0.2) is 8.42 Å². The van der Waals surface area contributed by atoms with Crippen LogP contribution in [0.2, 0.25) is 0 Å². The minimum atomic E-state index is -2.99. The molecule has 17 heavy (non-hydrogen) atoms. The number of hydrogen-bond donors (Lipinski definition) is 1. The molecule has 6 nitrogen and oxygen atoms in total. The van der Waals surface area contributed by atoms with Crippen LogP contribution in [0.25, 0.3) is 0 Å². The lowest BCUT2D eigenvalue weighted by molar-refractivity contribution is 0.289. The first-order valence-electron chi connectivity index (χ1n) is 5.69. The van der Waals surface area contributed by atoms with Gasteiger partial charge in [-0.05, 0) is 26.3 Å². The minimum Gasteiger partial charge on any atom is -0.339 e. The monoisotopic (exact) mass is 259 g/mol. The zero-order chi connectivity index (χ0) is 12.5. The second-order valence-electron chi connectivity index (χ2n) is 4.81. The Labute approximate surface area is 100 Å². The molecule has 1 unspecified atom stereocenters. The van der Waals surface area contributed by atoms with Gasteiger partial charge >= 0.3 is 0 Å². The maximum Gasteiger partial charge on any atom is 0.233 e. The molecule has 1 atom stereocenters. The van der Waals surface area contributed by atoms with Crippen molar-refractivity contribution < 1.29 is 12.9 Å². The van der Waals surface area contributed by atoms with E-state index in [4.69, 9.17) is 10.3 Å². The van der Waals surface area contributed by atoms with E-state index in [0.29, 0.717) is 31.1 Å². The van der Waals surface area contributed by atoms with Gasteiger partial charge in [0.05, 0.1) is 16.9 Å². The van der Waals surface area contributed by atoms with Gasteiger partial charge in [-0.1, -0.05) is 5.16 Å². The van der Waals surface area contributed by atoms with Crippen LogP contribution in [-0.4, -0.2) is 36.6 Å². The summed E-state index contributed by atoms with van der Waals surface area (Å²) < 4.78 is 28.5. The van der Waals surface area contributed by atoms with E-state index >= 15 is 0 Å². The van der Waals surface area contributed by atoms with E-state index in [9.17, 15) is 8.42 Å². The van der Waals surface area contributed by atoms with Crippen LogP contribution in [0.1, 0.15) is 31.5 Å². The third-order valence-electron chi connectivity index (χ3n) is 3.07. The maximum absolute atomic E-state index is 11.7. The Bertz CT molecular complexity index is 497. The summed E-state index contributed by atoms with van der Waals surface area (Å²) in [6.45, 7) is 2.32. The Hall–Kier alpha value is -0.950. The second-order valence-corrected chi connectivity index (χ2v) is 6.99. The molecule has 1 aromatic heterocycles. The van der Waals surface area contributed by atoms with Crippen LogP contribution in [0.3, 0.4) is 0 Å². The molecule has 1 aliphatic heterocycles. The van der Waals surface area contributed by atoms with Gasteiger partial charge in [-0.3, -0.25) is 0 Å². The topological polar surface area (TPSA) is 99.1 Å². The van der Waals surface area contributed by atoms with Crippen molar-refractivity contribution >= 4 is 9.84 Å². The lowest BCUT2D eigenvalue weighted by Crippen LogP contribution is -2.37. The summed E-state index contributed by atoms with van der Waals surface area (Å²) in [4.78, 5) is 4.24. The van der Waals surface area contributed by atoms with Crippen molar-refractivity contribution in [3.8, 4) is 0 Å². The SMILES string of the molecule is CC1(c2nc(CCN)no2)CCCS(=O)(=O)C1. The highest BCUT2D eigenvalue weighted by Crippen LogP contribution is 2.33. The Morgan fingerprint density at radius 2 is 2.29 bits per heavy atom. The molecule has 96 valence electrons. The Balaban J connectivity index is 2.24. The van der Waals surface area contributed by atoms with E-state index in [2.05, 4.69) is 10.1 Å². The zero-order valence-corrected chi connectivity index (χ0v) is 10.7. The van der Waals surface area contributed by atoms with E-state index in [-0.39, 0.29) is 11.5 Å². The van der Waals surface area contributed by atoms with Crippen LogP contribution in [0.15, 0.2) is 4.52 Å². The molecule has 0 amide bonds. The first kappa shape index (κ1) is 12.5. The van der Waals surface area contributed by atoms with Crippen molar-refractivity contribution in [2.24, 2.45) is 5.73 Å². The van der Waals surface area contributed by atoms with Gasteiger partial charge in [-0.2, -0.15) is 4.98 Å². The predicted octanol–water partition coefficient (Wildman–Crippen LogP) is 0.0371. The summed E-state index contributed by atoms with van der Waals surface area (Å²) in [5.74, 6) is 1.31. The predicted molar refractivity (Wildman–Crippen MR) is 62.3 cm³/mol. The number of aromatic nitrogens is 2. The minimum absolute atomic E-state index is 0.0876. The van der Waals surface area contributed by atoms with Gasteiger partial charge < -0.3 is 10.3 Å². The average Bonchev–Trinajstić information content (AvgIpc) is 2.65. The van der Waals surface area contributed by atoms with Gasteiger partial charge in [0.25, 0.3) is 0 Å². The van der Waals surface area contributed by atoms with Crippen LogP contribution < -0.4 is 5.73 Å². The van der Waals surface area contributed by atoms with Crippen molar-refractivity contribution in [2.75, 3.05) is 18.1 Å². The van der Waals surface area contributed by atoms with Crippen molar-refractivity contribution in [3.05, 3.63) is 11.7 Å². The summed E-state index contributed by atoms with van der Waals surface area (Å²) in [6.07, 6.45) is 1.95. The Kier molecular flexibility index (Phi) is 3.22. The normalized spacial score (nSPS) is 28.1. The number of nitrogens with two attached hydrogens (primary N) is 1. The molecule has 0 radical (unpaired) electrons. The molecule has 1 aromatic rings. The fourth-order valence-electron chi connectivity index (χ4n) is 2.21. The highest BCUT2D eigenvalue weighted by molar-refractivity contribution is 7.91. The quantitative estimate of drug-likeness (QED) is 0.822. The van der Waals surface area contributed by atoms with Crippen LogP contribution >= 0.6 is 0 Å². The number of rotatable bonds is 3. The molecule has 7 heteroatoms. The average molecular weight is 259 g/mol. The molecule has 1 aliphatic rings. The Morgan fingerprint density at radius 1 is 1.53 bits per heavy atom. The highest BCUT2D eigenvalue weighted by atomic mass is 32.2. The molecule has 1 saturated heterocycles. The van der Waals surface area contributed by atoms with Gasteiger partial charge in [-0.15, -0.1) is 0 Å². The number of nitrogens with zero attached hydrogens (tertiary/aromatic N) is 2. The molecular weight excluding hydrogens is 242 g/mol. The van der Waals surface area contributed by atoms with Crippen LogP contribution in [0.5, 0.6) is 0 Å². The molecule has 2 rings (SSSR count).